The molecule has 0 spiro atoms. The van der Waals surface area contributed by atoms with E-state index in [1.54, 1.807) is 176 Å². The highest BCUT2D eigenvalue weighted by molar-refractivity contribution is 8.26. The lowest BCUT2D eigenvalue weighted by Crippen LogP contribution is -2.50. The summed E-state index contributed by atoms with van der Waals surface area (Å²) in [4.78, 5) is 115. The number of benzene rings is 6. The van der Waals surface area contributed by atoms with E-state index < -0.39 is 74.3 Å². The van der Waals surface area contributed by atoms with Crippen LogP contribution < -0.4 is 21.7 Å². The maximum absolute atomic E-state index is 12.9. The fraction of sp³-hybridized carbons (Fsp3) is 0.284. The molecule has 3 atom stereocenters. The number of aliphatic carboxylic acids is 2. The van der Waals surface area contributed by atoms with Gasteiger partial charge in [0.25, 0.3) is 17.1 Å². The summed E-state index contributed by atoms with van der Waals surface area (Å²) in [6.07, 6.45) is 23.9. The zero-order valence-corrected chi connectivity index (χ0v) is 69.9. The topological polar surface area (TPSA) is 543 Å². The maximum atomic E-state index is 12.9. The van der Waals surface area contributed by atoms with Gasteiger partial charge in [-0.15, -0.1) is 25.5 Å². The van der Waals surface area contributed by atoms with Gasteiger partial charge in [0, 0.05) is 70.4 Å². The van der Waals surface area contributed by atoms with E-state index in [1.165, 1.54) is 101 Å². The molecule has 11 aromatic rings. The smallest absolute Gasteiger partial charge is 0.335 e. The second kappa shape index (κ2) is 57.9. The number of carbonyl (C=O) groups is 10. The molecular weight excluding hydrogens is 1710 g/mol. The minimum atomic E-state index is -1.67. The molecule has 3 amide bonds. The van der Waals surface area contributed by atoms with Gasteiger partial charge < -0.3 is 56.1 Å². The number of nitriles is 2. The summed E-state index contributed by atoms with van der Waals surface area (Å²) in [5.41, 5.74) is 11.7. The van der Waals surface area contributed by atoms with Gasteiger partial charge in [-0.25, -0.2) is 41.6 Å². The molecule has 2 fully saturated rings. The van der Waals surface area contributed by atoms with Crippen LogP contribution in [0, 0.1) is 28.5 Å². The van der Waals surface area contributed by atoms with Gasteiger partial charge >= 0.3 is 35.8 Å². The largest absolute Gasteiger partial charge is 0.480 e. The van der Waals surface area contributed by atoms with Gasteiger partial charge in [0.05, 0.1) is 141 Å². The Labute approximate surface area is 732 Å². The first kappa shape index (κ1) is 103. The predicted molar refractivity (Wildman–Crippen MR) is 453 cm³/mol. The number of rotatable bonds is 23. The minimum Gasteiger partial charge on any atom is -0.480 e. The fourth-order valence-electron chi connectivity index (χ4n) is 10.3. The Bertz CT molecular complexity index is 5070. The molecule has 44 heteroatoms. The molecule has 0 saturated carbocycles. The number of hydrogen-bond donors (Lipinski definition) is 7. The number of halogens is 4. The number of likely N-dealkylation sites (tertiary alicyclic amines) is 1. The Morgan fingerprint density at radius 1 is 0.472 bits per heavy atom. The third-order valence-electron chi connectivity index (χ3n) is 16.9. The van der Waals surface area contributed by atoms with Crippen LogP contribution in [0.25, 0.3) is 28.4 Å². The molecule has 0 bridgehead atoms. The molecule has 2 aliphatic rings. The molecule has 13 rings (SSSR count). The van der Waals surface area contributed by atoms with Gasteiger partial charge in [-0.3, -0.25) is 38.4 Å². The monoisotopic (exact) mass is 1800 g/mol. The Balaban J connectivity index is 0.000000309. The molecule has 660 valence electrons. The zero-order chi connectivity index (χ0) is 90.6. The molecule has 0 radical (unpaired) electrons. The van der Waals surface area contributed by atoms with E-state index in [0.717, 1.165) is 42.0 Å². The lowest BCUT2D eigenvalue weighted by atomic mass is 10.1. The Kier molecular flexibility index (Phi) is 47.8. The summed E-state index contributed by atoms with van der Waals surface area (Å²) >= 11 is 5.31. The summed E-state index contributed by atoms with van der Waals surface area (Å²) in [6, 6.07) is 40.0. The number of methoxy groups -OCH3 is 3. The first-order valence-corrected chi connectivity index (χ1v) is 40.4. The van der Waals surface area contributed by atoms with E-state index in [0.29, 0.717) is 46.6 Å². The number of aromatic nitrogens is 15. The zero-order valence-electron chi connectivity index (χ0n) is 66.8. The number of esters is 3. The highest BCUT2D eigenvalue weighted by Crippen LogP contribution is 2.17. The normalized spacial score (nSPS) is 12.0. The third kappa shape index (κ3) is 39.4. The first-order valence-electron chi connectivity index (χ1n) is 37.3. The Morgan fingerprint density at radius 2 is 0.776 bits per heavy atom. The van der Waals surface area contributed by atoms with Crippen molar-refractivity contribution in [3.8, 4) is 40.6 Å². The van der Waals surface area contributed by atoms with Gasteiger partial charge in [-0.1, -0.05) is 39.9 Å². The van der Waals surface area contributed by atoms with Crippen molar-refractivity contribution in [3.05, 3.63) is 247 Å². The number of carbonyl (C=O) groups excluding carboxylic acids is 7. The summed E-state index contributed by atoms with van der Waals surface area (Å²) in [7, 11) is 11.1. The first-order chi connectivity index (χ1) is 59.7. The Morgan fingerprint density at radius 3 is 1.06 bits per heavy atom. The molecule has 8 N–H and O–H groups in total. The van der Waals surface area contributed by atoms with Gasteiger partial charge in [0.1, 0.15) is 23.9 Å². The van der Waals surface area contributed by atoms with E-state index in [2.05, 4.69) is 109 Å². The van der Waals surface area contributed by atoms with Crippen LogP contribution in [0.2, 0.25) is 0 Å². The number of hydrogen-bond acceptors (Lipinski definition) is 28. The van der Waals surface area contributed by atoms with Crippen LogP contribution in [0.4, 0.5) is 4.39 Å². The third-order valence-corrected chi connectivity index (χ3v) is 17.1. The Hall–Kier alpha value is -14.2. The number of amides is 3. The van der Waals surface area contributed by atoms with Crippen molar-refractivity contribution in [1.29, 1.82) is 10.5 Å². The molecule has 125 heavy (non-hydrogen) atoms. The number of carboxylic acid groups (broad SMARTS) is 3. The molecule has 7 heterocycles. The highest BCUT2D eigenvalue weighted by atomic mass is 36.0. The second-order valence-corrected chi connectivity index (χ2v) is 28.2. The van der Waals surface area contributed by atoms with Crippen LogP contribution >= 0.6 is 33.0 Å². The number of nitrogens with zero attached hydrogens (tertiary/aromatic N) is 18. The summed E-state index contributed by atoms with van der Waals surface area (Å²) in [5.74, 6) is -6.01. The van der Waals surface area contributed by atoms with Gasteiger partial charge in [-0.05, 0) is 222 Å². The molecule has 6 aromatic carbocycles. The lowest BCUT2D eigenvalue weighted by Gasteiger charge is -2.30. The molecule has 0 unspecified atom stereocenters. The van der Waals surface area contributed by atoms with Gasteiger partial charge in [-0.2, -0.15) is 10.5 Å². The molecular formula is C81H90Cl3FN22O17S. The molecule has 5 aromatic heterocycles. The van der Waals surface area contributed by atoms with Crippen molar-refractivity contribution in [2.24, 2.45) is 5.73 Å². The van der Waals surface area contributed by atoms with E-state index in [1.807, 2.05) is 18.2 Å². The van der Waals surface area contributed by atoms with Crippen LogP contribution in [0.5, 0.6) is 0 Å². The maximum Gasteiger partial charge on any atom is 0.335 e. The van der Waals surface area contributed by atoms with E-state index >= 15 is 0 Å². The van der Waals surface area contributed by atoms with E-state index in [4.69, 9.17) is 47.4 Å². The highest BCUT2D eigenvalue weighted by Gasteiger charge is 2.29. The molecule has 0 aliphatic carbocycles. The van der Waals surface area contributed by atoms with Crippen molar-refractivity contribution in [2.45, 2.75) is 103 Å². The fourth-order valence-corrected chi connectivity index (χ4v) is 10.5. The number of carboxylic acids is 3. The molecule has 2 aliphatic heterocycles. The lowest BCUT2D eigenvalue weighted by molar-refractivity contribution is -0.143. The van der Waals surface area contributed by atoms with Gasteiger partial charge in [0.2, 0.25) is 15.1 Å². The quantitative estimate of drug-likeness (QED) is 0.0178. The average molecular weight is 1800 g/mol. The van der Waals surface area contributed by atoms with Crippen LogP contribution in [-0.2, 0) is 52.2 Å². The number of ether oxygens (including phenoxy) is 3. The summed E-state index contributed by atoms with van der Waals surface area (Å²) in [6.45, 7) is 3.85. The van der Waals surface area contributed by atoms with Crippen LogP contribution in [0.1, 0.15) is 137 Å². The van der Waals surface area contributed by atoms with Crippen molar-refractivity contribution >= 4 is 101 Å². The van der Waals surface area contributed by atoms with Crippen molar-refractivity contribution < 1.29 is 86.1 Å². The standard InChI is InChI=1S/C20H25N5O4.C15H16N4O5.C9H6ClN3O.C9H6N4.C9H7N3O2.C7H4FN.C6H11NO4.C5H11N.CH4.Cl2OS/c1-29-18(26)10-9-17(20(28)24-12-3-2-4-13-24)22-19(27)15-5-7-16(8-6-15)25-14-11-21-23-25;1-24-13(20)7-6-12(15(22)23)17-14(21)10-2-4-11(5-3-10)19-9-8-16-18-19;10-9(14)7-1-3-8(4-2-7)13-6-5-11-12-13;10-7-8-1-3-9(4-2-8)13-6-5-11-12-13;13-9(14)7-1-3-8(4-2-7)12-6-5-10-11-12;8-7-3-1-6(5-9)2-4-7;1-11-5(8)3-2-4(7)6(9)10;1-2-4-6-5-3-1;;1-4(2)3/h5-8,11,14,17H,2-4,9-10,12-13H2,1H3,(H,22,27);2-5,8-9,12H,6-7H2,1H3,(H,17,21)(H,22,23);1-6H;1-6H;1-6H,(H,13,14);1-4H;4H,2-3,7H2,1H3,(H,9,10);6H,1-5H2;1H4;/t17-;12-;;;;;4-;;;/m00....0.../s1. The van der Waals surface area contributed by atoms with Crippen LogP contribution in [-0.4, -0.2) is 224 Å². The minimum absolute atomic E-state index is 0. The number of piperidine rings is 2. The van der Waals surface area contributed by atoms with Crippen LogP contribution in [0.3, 0.4) is 0 Å². The SMILES string of the molecule is C.C1CCNCC1.COC(=O)CC[C@H](N)C(=O)O.COC(=O)CC[C@H](NC(=O)c1ccc(-n2ccnn2)cc1)C(=O)N1CCCCC1.COC(=O)CC[C@H](NC(=O)c1ccc(-n2ccnn2)cc1)C(=O)O.N#Cc1ccc(-n2ccnn2)cc1.N#Cc1ccc(F)cc1.O=C(Cl)c1ccc(-n2ccnn2)cc1.O=C(O)c1ccc(-n2ccnn2)cc1.O=S(Cl)Cl. The summed E-state index contributed by atoms with van der Waals surface area (Å²) in [5, 5.41) is 88.5. The van der Waals surface area contributed by atoms with Crippen molar-refractivity contribution in [1.82, 2.24) is 95.8 Å². The van der Waals surface area contributed by atoms with Crippen molar-refractivity contribution in [2.75, 3.05) is 47.5 Å². The number of aromatic carboxylic acids is 1. The van der Waals surface area contributed by atoms with E-state index in [-0.39, 0.29) is 69.1 Å². The predicted octanol–water partition coefficient (Wildman–Crippen LogP) is 8.97. The number of nitrogens with one attached hydrogen (secondary N) is 3. The van der Waals surface area contributed by atoms with Gasteiger partial charge in [0.15, 0.2) is 0 Å². The average Bonchev–Trinajstić information content (AvgIpc) is 1.46. The number of nitrogens with two attached hydrogens (primary N) is 1. The van der Waals surface area contributed by atoms with E-state index in [9.17, 15) is 52.3 Å². The molecule has 2 saturated heterocycles. The van der Waals surface area contributed by atoms with Crippen LogP contribution in [0.15, 0.2) is 208 Å². The van der Waals surface area contributed by atoms with Crippen molar-refractivity contribution in [3.63, 3.8) is 0 Å². The summed E-state index contributed by atoms with van der Waals surface area (Å²) < 4.78 is 42.5. The second-order valence-electron chi connectivity index (χ2n) is 25.3. The molecule has 39 nitrogen and oxygen atoms in total.